The standard InChI is InChI=1S/C13H13F3N4O/c1-20(7-11(21)18-9-3-4-9)12-8(6-17)2-5-10(19-12)13(14,15)16/h2,5,9H,3-4,7H2,1H3,(H,18,21). The van der Waals surface area contributed by atoms with Gasteiger partial charge in [0.15, 0.2) is 0 Å². The maximum Gasteiger partial charge on any atom is 0.433 e. The highest BCUT2D eigenvalue weighted by Crippen LogP contribution is 2.30. The fraction of sp³-hybridized carbons (Fsp3) is 0.462. The minimum absolute atomic E-state index is 0.00952. The molecular formula is C13H13F3N4O. The lowest BCUT2D eigenvalue weighted by atomic mass is 10.2. The molecular weight excluding hydrogens is 285 g/mol. The summed E-state index contributed by atoms with van der Waals surface area (Å²) in [5, 5.41) is 11.7. The molecule has 1 aromatic heterocycles. The van der Waals surface area contributed by atoms with Gasteiger partial charge in [0.2, 0.25) is 5.91 Å². The summed E-state index contributed by atoms with van der Waals surface area (Å²) in [6, 6.07) is 3.75. The van der Waals surface area contributed by atoms with Crippen LogP contribution in [-0.4, -0.2) is 30.5 Å². The Balaban J connectivity index is 2.19. The van der Waals surface area contributed by atoms with E-state index in [2.05, 4.69) is 10.3 Å². The van der Waals surface area contributed by atoms with E-state index in [1.807, 2.05) is 0 Å². The van der Waals surface area contributed by atoms with Gasteiger partial charge in [-0.2, -0.15) is 18.4 Å². The van der Waals surface area contributed by atoms with Crippen LogP contribution in [0, 0.1) is 11.3 Å². The van der Waals surface area contributed by atoms with Crippen LogP contribution < -0.4 is 10.2 Å². The number of likely N-dealkylation sites (N-methyl/N-ethyl adjacent to an activating group) is 1. The second-order valence-electron chi connectivity index (χ2n) is 4.88. The Morgan fingerprint density at radius 2 is 2.19 bits per heavy atom. The minimum atomic E-state index is -4.60. The Bertz CT molecular complexity index is 590. The highest BCUT2D eigenvalue weighted by Gasteiger charge is 2.33. The number of anilines is 1. The first-order chi connectivity index (χ1) is 9.81. The van der Waals surface area contributed by atoms with Gasteiger partial charge in [-0.15, -0.1) is 0 Å². The van der Waals surface area contributed by atoms with Gasteiger partial charge < -0.3 is 10.2 Å². The number of aromatic nitrogens is 1. The molecule has 1 aliphatic carbocycles. The average molecular weight is 298 g/mol. The van der Waals surface area contributed by atoms with E-state index in [0.717, 1.165) is 25.0 Å². The molecule has 112 valence electrons. The molecule has 0 atom stereocenters. The van der Waals surface area contributed by atoms with Crippen LogP contribution in [0.25, 0.3) is 0 Å². The van der Waals surface area contributed by atoms with Crippen molar-refractivity contribution in [1.82, 2.24) is 10.3 Å². The Morgan fingerprint density at radius 1 is 1.52 bits per heavy atom. The molecule has 0 unspecified atom stereocenters. The van der Waals surface area contributed by atoms with Gasteiger partial charge in [-0.3, -0.25) is 4.79 Å². The quantitative estimate of drug-likeness (QED) is 0.918. The van der Waals surface area contributed by atoms with E-state index in [9.17, 15) is 18.0 Å². The smallest absolute Gasteiger partial charge is 0.352 e. The van der Waals surface area contributed by atoms with E-state index < -0.39 is 11.9 Å². The van der Waals surface area contributed by atoms with Crippen LogP contribution in [0.3, 0.4) is 0 Å². The summed E-state index contributed by atoms with van der Waals surface area (Å²) >= 11 is 0. The van der Waals surface area contributed by atoms with Gasteiger partial charge in [-0.05, 0) is 25.0 Å². The summed E-state index contributed by atoms with van der Waals surface area (Å²) in [7, 11) is 1.43. The molecule has 1 amide bonds. The van der Waals surface area contributed by atoms with Gasteiger partial charge in [-0.25, -0.2) is 4.98 Å². The van der Waals surface area contributed by atoms with Gasteiger partial charge >= 0.3 is 6.18 Å². The van der Waals surface area contributed by atoms with Crippen LogP contribution in [0.15, 0.2) is 12.1 Å². The van der Waals surface area contributed by atoms with Crippen molar-refractivity contribution in [3.8, 4) is 6.07 Å². The molecule has 2 rings (SSSR count). The lowest BCUT2D eigenvalue weighted by Gasteiger charge is -2.20. The predicted octanol–water partition coefficient (Wildman–Crippen LogP) is 1.69. The van der Waals surface area contributed by atoms with Crippen LogP contribution in [0.1, 0.15) is 24.1 Å². The number of nitrogens with zero attached hydrogens (tertiary/aromatic N) is 3. The molecule has 1 fully saturated rings. The highest BCUT2D eigenvalue weighted by molar-refractivity contribution is 5.81. The van der Waals surface area contributed by atoms with Gasteiger partial charge in [0.1, 0.15) is 17.6 Å². The van der Waals surface area contributed by atoms with E-state index in [1.165, 1.54) is 11.9 Å². The van der Waals surface area contributed by atoms with Crippen molar-refractivity contribution in [1.29, 1.82) is 5.26 Å². The minimum Gasteiger partial charge on any atom is -0.352 e. The number of alkyl halides is 3. The van der Waals surface area contributed by atoms with Gasteiger partial charge in [-0.1, -0.05) is 0 Å². The fourth-order valence-electron chi connectivity index (χ4n) is 1.78. The molecule has 1 aromatic rings. The molecule has 0 spiro atoms. The molecule has 1 heterocycles. The van der Waals surface area contributed by atoms with Crippen molar-refractivity contribution in [2.75, 3.05) is 18.5 Å². The Labute approximate surface area is 119 Å². The van der Waals surface area contributed by atoms with Gasteiger partial charge in [0.25, 0.3) is 0 Å². The van der Waals surface area contributed by atoms with Crippen molar-refractivity contribution in [2.24, 2.45) is 0 Å². The Kier molecular flexibility index (Phi) is 4.02. The third kappa shape index (κ3) is 3.84. The zero-order chi connectivity index (χ0) is 15.6. The third-order valence-electron chi connectivity index (χ3n) is 2.97. The van der Waals surface area contributed by atoms with Gasteiger partial charge in [0.05, 0.1) is 12.1 Å². The number of rotatable bonds is 4. The van der Waals surface area contributed by atoms with E-state index in [-0.39, 0.29) is 29.9 Å². The number of pyridine rings is 1. The maximum atomic E-state index is 12.7. The molecule has 1 N–H and O–H groups in total. The van der Waals surface area contributed by atoms with Crippen LogP contribution >= 0.6 is 0 Å². The molecule has 5 nitrogen and oxygen atoms in total. The number of amides is 1. The van der Waals surface area contributed by atoms with Gasteiger partial charge in [0, 0.05) is 13.1 Å². The third-order valence-corrected chi connectivity index (χ3v) is 2.97. The molecule has 1 aliphatic rings. The molecule has 21 heavy (non-hydrogen) atoms. The predicted molar refractivity (Wildman–Crippen MR) is 68.4 cm³/mol. The zero-order valence-electron chi connectivity index (χ0n) is 11.2. The Morgan fingerprint density at radius 3 is 2.71 bits per heavy atom. The van der Waals surface area contributed by atoms with Crippen molar-refractivity contribution < 1.29 is 18.0 Å². The topological polar surface area (TPSA) is 69.0 Å². The molecule has 0 radical (unpaired) electrons. The fourth-order valence-corrected chi connectivity index (χ4v) is 1.78. The largest absolute Gasteiger partial charge is 0.433 e. The first-order valence-corrected chi connectivity index (χ1v) is 6.30. The molecule has 0 bridgehead atoms. The summed E-state index contributed by atoms with van der Waals surface area (Å²) < 4.78 is 38.0. The van der Waals surface area contributed by atoms with Crippen molar-refractivity contribution in [3.63, 3.8) is 0 Å². The van der Waals surface area contributed by atoms with Crippen molar-refractivity contribution in [3.05, 3.63) is 23.4 Å². The number of hydrogen-bond donors (Lipinski definition) is 1. The number of halogens is 3. The molecule has 0 saturated heterocycles. The van der Waals surface area contributed by atoms with Crippen LogP contribution in [0.2, 0.25) is 0 Å². The normalized spacial score (nSPS) is 14.4. The van der Waals surface area contributed by atoms with Crippen LogP contribution in [0.4, 0.5) is 19.0 Å². The summed E-state index contributed by atoms with van der Waals surface area (Å²) in [6.07, 6.45) is -2.76. The number of nitriles is 1. The average Bonchev–Trinajstić information content (AvgIpc) is 3.20. The zero-order valence-corrected chi connectivity index (χ0v) is 11.2. The summed E-state index contributed by atoms with van der Waals surface area (Å²) in [5.74, 6) is -0.457. The molecule has 0 aliphatic heterocycles. The first kappa shape index (κ1) is 15.1. The van der Waals surface area contributed by atoms with E-state index in [0.29, 0.717) is 0 Å². The monoisotopic (exact) mass is 298 g/mol. The summed E-state index contributed by atoms with van der Waals surface area (Å²) in [5.41, 5.74) is -1.10. The number of carbonyl (C=O) groups is 1. The molecule has 1 saturated carbocycles. The lowest BCUT2D eigenvalue weighted by molar-refractivity contribution is -0.141. The number of carbonyl (C=O) groups excluding carboxylic acids is 1. The van der Waals surface area contributed by atoms with E-state index in [4.69, 9.17) is 5.26 Å². The summed E-state index contributed by atoms with van der Waals surface area (Å²) in [4.78, 5) is 16.4. The molecule has 0 aromatic carbocycles. The second-order valence-corrected chi connectivity index (χ2v) is 4.88. The summed E-state index contributed by atoms with van der Waals surface area (Å²) in [6.45, 7) is -0.153. The molecule has 8 heteroatoms. The number of hydrogen-bond acceptors (Lipinski definition) is 4. The van der Waals surface area contributed by atoms with Crippen molar-refractivity contribution >= 4 is 11.7 Å². The van der Waals surface area contributed by atoms with Crippen LogP contribution in [0.5, 0.6) is 0 Å². The van der Waals surface area contributed by atoms with Crippen molar-refractivity contribution in [2.45, 2.75) is 25.1 Å². The van der Waals surface area contributed by atoms with E-state index >= 15 is 0 Å². The Hall–Kier alpha value is -2.30. The van der Waals surface area contributed by atoms with Crippen LogP contribution in [-0.2, 0) is 11.0 Å². The SMILES string of the molecule is CN(CC(=O)NC1CC1)c1nc(C(F)(F)F)ccc1C#N. The van der Waals surface area contributed by atoms with E-state index in [1.54, 1.807) is 6.07 Å². The maximum absolute atomic E-state index is 12.7. The first-order valence-electron chi connectivity index (χ1n) is 6.30. The number of nitrogens with one attached hydrogen (secondary N) is 1. The second kappa shape index (κ2) is 5.60. The lowest BCUT2D eigenvalue weighted by Crippen LogP contribution is -2.37. The highest BCUT2D eigenvalue weighted by atomic mass is 19.4.